The molecule has 4 atom stereocenters. The molecule has 0 saturated carbocycles. The molecule has 0 aliphatic carbocycles. The standard InChI is InChI=1S/2C33H37FN4O6/c2*1-5-42-31(40)29(28-27-7-6-13-37(27)19-35-28)38-18-25-24(30(38)39)15-21(16-26(25)34)20-8-10-22(11-9-20)43-23-12-14-36(17-23)32(41)44-33(2,3)4/h2*8-11,15-16,19,23,29H,5-7,12-14,17-18H2,1-4H3/t2*23-,29?/m00/s1. The minimum atomic E-state index is -1.05. The third-order valence-corrected chi connectivity index (χ3v) is 16.3. The molecule has 8 heterocycles. The van der Waals surface area contributed by atoms with Crippen LogP contribution >= 0.6 is 0 Å². The van der Waals surface area contributed by atoms with Crippen LogP contribution in [0.3, 0.4) is 0 Å². The van der Waals surface area contributed by atoms with Crippen molar-refractivity contribution in [2.75, 3.05) is 39.4 Å². The van der Waals surface area contributed by atoms with Crippen molar-refractivity contribution in [1.29, 1.82) is 0 Å². The zero-order chi connectivity index (χ0) is 62.3. The van der Waals surface area contributed by atoms with Crippen molar-refractivity contribution in [2.24, 2.45) is 0 Å². The molecular weight excluding hydrogens is 1130 g/mol. The van der Waals surface area contributed by atoms with Crippen molar-refractivity contribution >= 4 is 35.9 Å². The molecule has 4 amide bonds. The van der Waals surface area contributed by atoms with Crippen molar-refractivity contribution in [3.8, 4) is 33.8 Å². The summed E-state index contributed by atoms with van der Waals surface area (Å²) in [5.74, 6) is -1.80. The van der Waals surface area contributed by atoms with Gasteiger partial charge in [0.25, 0.3) is 11.8 Å². The van der Waals surface area contributed by atoms with Crippen LogP contribution < -0.4 is 9.47 Å². The summed E-state index contributed by atoms with van der Waals surface area (Å²) in [7, 11) is 0. The molecule has 2 unspecified atom stereocenters. The molecule has 2 saturated heterocycles. The molecule has 464 valence electrons. The van der Waals surface area contributed by atoms with Crippen molar-refractivity contribution < 1.29 is 66.0 Å². The largest absolute Gasteiger partial charge is 0.489 e. The van der Waals surface area contributed by atoms with Gasteiger partial charge in [0, 0.05) is 72.7 Å². The Labute approximate surface area is 509 Å². The van der Waals surface area contributed by atoms with Crippen molar-refractivity contribution in [3.63, 3.8) is 0 Å². The number of aryl methyl sites for hydroxylation is 2. The van der Waals surface area contributed by atoms with Gasteiger partial charge in [-0.1, -0.05) is 24.3 Å². The number of hydrogen-bond acceptors (Lipinski definition) is 14. The van der Waals surface area contributed by atoms with Crippen LogP contribution in [0.5, 0.6) is 11.5 Å². The van der Waals surface area contributed by atoms with Crippen molar-refractivity contribution in [3.05, 3.63) is 142 Å². The number of fused-ring (bicyclic) bond motifs is 4. The second-order valence-corrected chi connectivity index (χ2v) is 24.8. The van der Waals surface area contributed by atoms with E-state index in [0.717, 1.165) is 50.2 Å². The highest BCUT2D eigenvalue weighted by Crippen LogP contribution is 2.41. The molecule has 0 spiro atoms. The number of likely N-dealkylation sites (tertiary alicyclic amines) is 2. The van der Waals surface area contributed by atoms with Gasteiger partial charge < -0.3 is 57.2 Å². The molecule has 2 fully saturated rings. The zero-order valence-electron chi connectivity index (χ0n) is 50.9. The monoisotopic (exact) mass is 1210 g/mol. The smallest absolute Gasteiger partial charge is 0.410 e. The summed E-state index contributed by atoms with van der Waals surface area (Å²) in [4.78, 5) is 93.5. The van der Waals surface area contributed by atoms with Gasteiger partial charge >= 0.3 is 24.1 Å². The number of ether oxygens (including phenoxy) is 6. The molecule has 6 aliphatic heterocycles. The number of imidazole rings is 2. The summed E-state index contributed by atoms with van der Waals surface area (Å²) in [5, 5.41) is 0. The maximum atomic E-state index is 15.5. The van der Waals surface area contributed by atoms with Gasteiger partial charge in [-0.05, 0) is 152 Å². The number of aromatic nitrogens is 4. The average molecular weight is 1210 g/mol. The number of halogens is 2. The fourth-order valence-electron chi connectivity index (χ4n) is 12.3. The normalized spacial score (nSPS) is 18.3. The predicted molar refractivity (Wildman–Crippen MR) is 317 cm³/mol. The molecule has 0 radical (unpaired) electrons. The average Bonchev–Trinajstić information content (AvgIpc) is 1.80. The molecule has 88 heavy (non-hydrogen) atoms. The van der Waals surface area contributed by atoms with Crippen LogP contribution in [-0.2, 0) is 67.6 Å². The Bertz CT molecular complexity index is 3430. The quantitative estimate of drug-likeness (QED) is 0.0735. The summed E-state index contributed by atoms with van der Waals surface area (Å²) in [6.45, 7) is 18.2. The lowest BCUT2D eigenvalue weighted by Crippen LogP contribution is -2.36. The van der Waals surface area contributed by atoms with E-state index in [1.54, 1.807) is 72.7 Å². The summed E-state index contributed by atoms with van der Waals surface area (Å²) in [5.41, 5.74) is 5.12. The van der Waals surface area contributed by atoms with E-state index in [4.69, 9.17) is 28.4 Å². The SMILES string of the molecule is CCOC(=O)C(c1ncn2c1CCC2)N1Cc2c(F)cc(-c3ccc(O[C@H]4CCN(C(=O)OC(C)(C)C)C4)cc3)cc2C1=O.CCOC(=O)C(c1ncn2c1CCC2)N1Cc2c(F)cc(-c3ccc(O[C@H]4CCN(C(=O)OC(C)(C)C)C4)cc3)cc2C1=O. The maximum Gasteiger partial charge on any atom is 0.410 e. The van der Waals surface area contributed by atoms with E-state index in [0.29, 0.717) is 84.2 Å². The third-order valence-electron chi connectivity index (χ3n) is 16.3. The second-order valence-electron chi connectivity index (χ2n) is 24.8. The number of carbonyl (C=O) groups excluding carboxylic acids is 6. The fourth-order valence-corrected chi connectivity index (χ4v) is 12.3. The van der Waals surface area contributed by atoms with Gasteiger partial charge in [-0.2, -0.15) is 0 Å². The highest BCUT2D eigenvalue weighted by molar-refractivity contribution is 6.03. The molecule has 4 aromatic carbocycles. The van der Waals surface area contributed by atoms with Gasteiger partial charge in [-0.15, -0.1) is 0 Å². The molecule has 2 aromatic heterocycles. The van der Waals surface area contributed by atoms with Crippen LogP contribution in [0, 0.1) is 11.6 Å². The summed E-state index contributed by atoms with van der Waals surface area (Å²) >= 11 is 0. The molecule has 6 aromatic rings. The number of amides is 4. The number of esters is 2. The van der Waals surface area contributed by atoms with E-state index in [1.807, 2.05) is 74.9 Å². The Hall–Kier alpha value is -8.82. The van der Waals surface area contributed by atoms with Gasteiger partial charge in [0.15, 0.2) is 12.1 Å². The van der Waals surface area contributed by atoms with E-state index in [9.17, 15) is 28.8 Å². The Morgan fingerprint density at radius 3 is 1.31 bits per heavy atom. The van der Waals surface area contributed by atoms with Gasteiger partial charge in [-0.3, -0.25) is 9.59 Å². The van der Waals surface area contributed by atoms with E-state index in [2.05, 4.69) is 9.97 Å². The van der Waals surface area contributed by atoms with Crippen LogP contribution in [0.4, 0.5) is 18.4 Å². The second kappa shape index (κ2) is 24.7. The first-order valence-corrected chi connectivity index (χ1v) is 30.2. The van der Waals surface area contributed by atoms with E-state index >= 15 is 8.78 Å². The highest BCUT2D eigenvalue weighted by Gasteiger charge is 2.45. The number of benzene rings is 4. The number of rotatable bonds is 14. The first-order valence-electron chi connectivity index (χ1n) is 30.2. The van der Waals surface area contributed by atoms with E-state index in [1.165, 1.54) is 21.9 Å². The zero-order valence-corrected chi connectivity index (χ0v) is 50.9. The molecule has 20 nitrogen and oxygen atoms in total. The van der Waals surface area contributed by atoms with Crippen molar-refractivity contribution in [1.82, 2.24) is 38.7 Å². The molecule has 0 N–H and O–H groups in total. The lowest BCUT2D eigenvalue weighted by atomic mass is 9.99. The molecular formula is C66H74F2N8O12. The first-order chi connectivity index (χ1) is 42.0. The topological polar surface area (TPSA) is 206 Å². The summed E-state index contributed by atoms with van der Waals surface area (Å²) < 4.78 is 68.9. The Balaban J connectivity index is 0.000000182. The van der Waals surface area contributed by atoms with E-state index in [-0.39, 0.29) is 73.0 Å². The summed E-state index contributed by atoms with van der Waals surface area (Å²) in [6, 6.07) is 18.5. The molecule has 0 bridgehead atoms. The summed E-state index contributed by atoms with van der Waals surface area (Å²) in [6.07, 6.45) is 7.07. The Kier molecular flexibility index (Phi) is 17.1. The molecule has 12 rings (SSSR count). The van der Waals surface area contributed by atoms with Crippen LogP contribution in [-0.4, -0.2) is 137 Å². The Morgan fingerprint density at radius 1 is 0.557 bits per heavy atom. The number of hydrogen-bond donors (Lipinski definition) is 0. The van der Waals surface area contributed by atoms with Crippen LogP contribution in [0.1, 0.15) is 148 Å². The van der Waals surface area contributed by atoms with Crippen molar-refractivity contribution in [2.45, 2.75) is 156 Å². The number of nitrogens with zero attached hydrogens (tertiary/aromatic N) is 8. The van der Waals surface area contributed by atoms with Crippen LogP contribution in [0.2, 0.25) is 0 Å². The number of carbonyl (C=O) groups is 6. The van der Waals surface area contributed by atoms with Crippen LogP contribution in [0.25, 0.3) is 22.3 Å². The van der Waals surface area contributed by atoms with Gasteiger partial charge in [0.2, 0.25) is 0 Å². The van der Waals surface area contributed by atoms with Gasteiger partial charge in [0.1, 0.15) is 46.5 Å². The minimum absolute atomic E-state index is 0.0511. The lowest BCUT2D eigenvalue weighted by molar-refractivity contribution is -0.150. The lowest BCUT2D eigenvalue weighted by Gasteiger charge is -2.25. The fraction of sp³-hybridized carbons (Fsp3) is 0.455. The van der Waals surface area contributed by atoms with E-state index < -0.39 is 58.7 Å². The molecule has 6 aliphatic rings. The maximum absolute atomic E-state index is 15.5. The molecule has 22 heteroatoms. The van der Waals surface area contributed by atoms with Gasteiger partial charge in [0.05, 0.1) is 63.4 Å². The highest BCUT2D eigenvalue weighted by atomic mass is 19.1. The predicted octanol–water partition coefficient (Wildman–Crippen LogP) is 10.6. The first kappa shape index (κ1) is 60.9. The third kappa shape index (κ3) is 12.8. The van der Waals surface area contributed by atoms with Gasteiger partial charge in [-0.25, -0.2) is 37.9 Å². The van der Waals surface area contributed by atoms with Crippen LogP contribution in [0.15, 0.2) is 85.5 Å². The minimum Gasteiger partial charge on any atom is -0.489 e. The Morgan fingerprint density at radius 2 is 0.943 bits per heavy atom.